The van der Waals surface area contributed by atoms with Gasteiger partial charge in [0.15, 0.2) is 0 Å². The third-order valence-corrected chi connectivity index (χ3v) is 3.21. The first-order chi connectivity index (χ1) is 9.33. The average molecular weight is 250 g/mol. The maximum atomic E-state index is 12.0. The molecule has 0 atom stereocenters. The highest BCUT2D eigenvalue weighted by molar-refractivity contribution is 5.84. The molecule has 0 bridgehead atoms. The third kappa shape index (κ3) is 2.55. The second-order valence-electron chi connectivity index (χ2n) is 4.55. The number of rotatable bonds is 2. The molecule has 0 unspecified atom stereocenters. The van der Waals surface area contributed by atoms with Crippen molar-refractivity contribution in [1.29, 1.82) is 0 Å². The first-order valence-corrected chi connectivity index (χ1v) is 6.29. The maximum absolute atomic E-state index is 12.0. The Morgan fingerprint density at radius 2 is 1.63 bits per heavy atom. The summed E-state index contributed by atoms with van der Waals surface area (Å²) in [4.78, 5) is 12.0. The quantitative estimate of drug-likeness (QED) is 0.754. The van der Waals surface area contributed by atoms with E-state index in [-0.39, 0.29) is 5.91 Å². The van der Waals surface area contributed by atoms with E-state index in [1.165, 1.54) is 10.6 Å². The minimum absolute atomic E-state index is 0.0471. The Bertz CT molecular complexity index is 620. The SMILES string of the molecule is O=C1Cc2ccccc2CN1/N=C/c1ccccc1. The summed E-state index contributed by atoms with van der Waals surface area (Å²) in [7, 11) is 0. The number of carbonyl (C=O) groups is 1. The van der Waals surface area contributed by atoms with Gasteiger partial charge in [-0.15, -0.1) is 0 Å². The fraction of sp³-hybridized carbons (Fsp3) is 0.125. The summed E-state index contributed by atoms with van der Waals surface area (Å²) in [5.41, 5.74) is 3.28. The van der Waals surface area contributed by atoms with Crippen LogP contribution in [-0.4, -0.2) is 17.1 Å². The Kier molecular flexibility index (Phi) is 3.11. The van der Waals surface area contributed by atoms with Gasteiger partial charge in [-0.25, -0.2) is 5.01 Å². The van der Waals surface area contributed by atoms with Gasteiger partial charge in [0.2, 0.25) is 5.91 Å². The first-order valence-electron chi connectivity index (χ1n) is 6.29. The molecule has 0 radical (unpaired) electrons. The van der Waals surface area contributed by atoms with Gasteiger partial charge in [0.25, 0.3) is 0 Å². The van der Waals surface area contributed by atoms with Crippen molar-refractivity contribution in [3.05, 3.63) is 71.3 Å². The largest absolute Gasteiger partial charge is 0.273 e. The van der Waals surface area contributed by atoms with Crippen LogP contribution in [0.3, 0.4) is 0 Å². The summed E-state index contributed by atoms with van der Waals surface area (Å²) in [5.74, 6) is 0.0471. The highest BCUT2D eigenvalue weighted by Gasteiger charge is 2.21. The summed E-state index contributed by atoms with van der Waals surface area (Å²) >= 11 is 0. The molecule has 2 aromatic rings. The number of nitrogens with zero attached hydrogens (tertiary/aromatic N) is 2. The van der Waals surface area contributed by atoms with Crippen molar-refractivity contribution in [3.63, 3.8) is 0 Å². The molecule has 1 amide bonds. The van der Waals surface area contributed by atoms with Gasteiger partial charge in [0.05, 0.1) is 19.2 Å². The third-order valence-electron chi connectivity index (χ3n) is 3.21. The number of hydrazone groups is 1. The number of fused-ring (bicyclic) bond motifs is 1. The summed E-state index contributed by atoms with van der Waals surface area (Å²) in [6.45, 7) is 0.554. The van der Waals surface area contributed by atoms with Crippen LogP contribution in [0.15, 0.2) is 59.7 Å². The van der Waals surface area contributed by atoms with E-state index in [2.05, 4.69) is 5.10 Å². The number of benzene rings is 2. The molecule has 0 aromatic heterocycles. The summed E-state index contributed by atoms with van der Waals surface area (Å²) < 4.78 is 0. The molecule has 2 aromatic carbocycles. The number of hydrogen-bond acceptors (Lipinski definition) is 2. The predicted octanol–water partition coefficient (Wildman–Crippen LogP) is 2.61. The average Bonchev–Trinajstić information content (AvgIpc) is 2.46. The van der Waals surface area contributed by atoms with Crippen molar-refractivity contribution >= 4 is 12.1 Å². The second-order valence-corrected chi connectivity index (χ2v) is 4.55. The van der Waals surface area contributed by atoms with E-state index in [1.54, 1.807) is 6.21 Å². The highest BCUT2D eigenvalue weighted by Crippen LogP contribution is 2.19. The lowest BCUT2D eigenvalue weighted by Crippen LogP contribution is -2.32. The van der Waals surface area contributed by atoms with Gasteiger partial charge in [-0.3, -0.25) is 4.79 Å². The zero-order valence-electron chi connectivity index (χ0n) is 10.5. The Morgan fingerprint density at radius 1 is 0.947 bits per heavy atom. The first kappa shape index (κ1) is 11.7. The lowest BCUT2D eigenvalue weighted by molar-refractivity contribution is -0.131. The molecule has 3 heteroatoms. The molecule has 3 rings (SSSR count). The van der Waals surface area contributed by atoms with Crippen molar-refractivity contribution in [2.24, 2.45) is 5.10 Å². The molecule has 94 valence electrons. The van der Waals surface area contributed by atoms with Gasteiger partial charge in [-0.2, -0.15) is 5.10 Å². The molecule has 0 saturated heterocycles. The molecular formula is C16H14N2O. The molecular weight excluding hydrogens is 236 g/mol. The van der Waals surface area contributed by atoms with Gasteiger partial charge in [0, 0.05) is 0 Å². The molecule has 0 aliphatic carbocycles. The summed E-state index contributed by atoms with van der Waals surface area (Å²) in [6, 6.07) is 17.8. The molecule has 0 spiro atoms. The van der Waals surface area contributed by atoms with Crippen LogP contribution >= 0.6 is 0 Å². The number of amides is 1. The van der Waals surface area contributed by atoms with Crippen molar-refractivity contribution in [1.82, 2.24) is 5.01 Å². The summed E-state index contributed by atoms with van der Waals surface area (Å²) in [5, 5.41) is 5.83. The van der Waals surface area contributed by atoms with Gasteiger partial charge in [-0.1, -0.05) is 54.6 Å². The normalized spacial score (nSPS) is 14.7. The van der Waals surface area contributed by atoms with Crippen molar-refractivity contribution in [2.75, 3.05) is 0 Å². The zero-order chi connectivity index (χ0) is 13.1. The zero-order valence-corrected chi connectivity index (χ0v) is 10.5. The Labute approximate surface area is 112 Å². The van der Waals surface area contributed by atoms with Gasteiger partial charge in [-0.05, 0) is 16.7 Å². The van der Waals surface area contributed by atoms with E-state index < -0.39 is 0 Å². The molecule has 1 heterocycles. The van der Waals surface area contributed by atoms with E-state index in [4.69, 9.17) is 0 Å². The lowest BCUT2D eigenvalue weighted by Gasteiger charge is -2.24. The van der Waals surface area contributed by atoms with Crippen LogP contribution in [0, 0.1) is 0 Å². The van der Waals surface area contributed by atoms with E-state index in [1.807, 2.05) is 54.6 Å². The Hall–Kier alpha value is -2.42. The predicted molar refractivity (Wildman–Crippen MR) is 74.7 cm³/mol. The van der Waals surface area contributed by atoms with Crippen molar-refractivity contribution < 1.29 is 4.79 Å². The molecule has 1 aliphatic heterocycles. The molecule has 1 aliphatic rings. The molecule has 0 saturated carbocycles. The molecule has 0 N–H and O–H groups in total. The van der Waals surface area contributed by atoms with Crippen LogP contribution in [0.4, 0.5) is 0 Å². The van der Waals surface area contributed by atoms with Crippen LogP contribution < -0.4 is 0 Å². The molecule has 3 nitrogen and oxygen atoms in total. The van der Waals surface area contributed by atoms with Gasteiger partial charge in [0.1, 0.15) is 0 Å². The van der Waals surface area contributed by atoms with Crippen LogP contribution in [0.1, 0.15) is 16.7 Å². The smallest absolute Gasteiger partial charge is 0.247 e. The summed E-state index contributed by atoms with van der Waals surface area (Å²) in [6.07, 6.45) is 2.16. The topological polar surface area (TPSA) is 32.7 Å². The highest BCUT2D eigenvalue weighted by atomic mass is 16.2. The minimum atomic E-state index is 0.0471. The maximum Gasteiger partial charge on any atom is 0.247 e. The van der Waals surface area contributed by atoms with E-state index in [0.717, 1.165) is 11.1 Å². The van der Waals surface area contributed by atoms with Gasteiger partial charge < -0.3 is 0 Å². The molecule has 19 heavy (non-hydrogen) atoms. The van der Waals surface area contributed by atoms with Crippen molar-refractivity contribution in [3.8, 4) is 0 Å². The Balaban J connectivity index is 1.80. The minimum Gasteiger partial charge on any atom is -0.273 e. The fourth-order valence-electron chi connectivity index (χ4n) is 2.17. The lowest BCUT2D eigenvalue weighted by atomic mass is 10.0. The number of carbonyl (C=O) groups excluding carboxylic acids is 1. The van der Waals surface area contributed by atoms with Crippen molar-refractivity contribution in [2.45, 2.75) is 13.0 Å². The molecule has 0 fully saturated rings. The second kappa shape index (κ2) is 5.06. The monoisotopic (exact) mass is 250 g/mol. The van der Waals surface area contributed by atoms with Crippen LogP contribution in [0.2, 0.25) is 0 Å². The van der Waals surface area contributed by atoms with E-state index in [0.29, 0.717) is 13.0 Å². The van der Waals surface area contributed by atoms with E-state index >= 15 is 0 Å². The number of hydrogen-bond donors (Lipinski definition) is 0. The van der Waals surface area contributed by atoms with Gasteiger partial charge >= 0.3 is 0 Å². The van der Waals surface area contributed by atoms with Crippen LogP contribution in [0.5, 0.6) is 0 Å². The van der Waals surface area contributed by atoms with Crippen LogP contribution in [0.25, 0.3) is 0 Å². The Morgan fingerprint density at radius 3 is 2.42 bits per heavy atom. The van der Waals surface area contributed by atoms with E-state index in [9.17, 15) is 4.79 Å². The standard InChI is InChI=1S/C16H14N2O/c19-16-10-14-8-4-5-9-15(14)12-18(16)17-11-13-6-2-1-3-7-13/h1-9,11H,10,12H2/b17-11+. The fourth-order valence-corrected chi connectivity index (χ4v) is 2.17. The van der Waals surface area contributed by atoms with Crippen LogP contribution in [-0.2, 0) is 17.8 Å².